The Labute approximate surface area is 104 Å². The first-order valence-corrected chi connectivity index (χ1v) is 5.98. The van der Waals surface area contributed by atoms with Crippen LogP contribution in [0.1, 0.15) is 29.7 Å². The summed E-state index contributed by atoms with van der Waals surface area (Å²) in [6.45, 7) is 0. The van der Waals surface area contributed by atoms with E-state index in [2.05, 4.69) is 15.1 Å². The van der Waals surface area contributed by atoms with Gasteiger partial charge in [-0.3, -0.25) is 5.41 Å². The van der Waals surface area contributed by atoms with Crippen molar-refractivity contribution in [1.29, 1.82) is 5.41 Å². The smallest absolute Gasteiger partial charge is 0.166 e. The number of hydrogen-bond acceptors (Lipinski definition) is 4. The van der Waals surface area contributed by atoms with Crippen molar-refractivity contribution in [3.05, 3.63) is 35.5 Å². The summed E-state index contributed by atoms with van der Waals surface area (Å²) in [4.78, 5) is 8.53. The quantitative estimate of drug-likeness (QED) is 0.602. The number of nitrogens with two attached hydrogens (primary N) is 1. The van der Waals surface area contributed by atoms with Gasteiger partial charge in [-0.05, 0) is 37.3 Å². The molecule has 3 N–H and O–H groups in total. The van der Waals surface area contributed by atoms with Crippen LogP contribution in [-0.4, -0.2) is 25.6 Å². The van der Waals surface area contributed by atoms with Crippen molar-refractivity contribution >= 4 is 5.84 Å². The number of pyridine rings is 1. The fourth-order valence-electron chi connectivity index (χ4n) is 2.31. The van der Waals surface area contributed by atoms with E-state index in [-0.39, 0.29) is 5.84 Å². The molecule has 0 aromatic carbocycles. The van der Waals surface area contributed by atoms with Crippen LogP contribution in [0, 0.1) is 5.41 Å². The zero-order valence-electron chi connectivity index (χ0n) is 9.93. The van der Waals surface area contributed by atoms with Crippen molar-refractivity contribution < 1.29 is 0 Å². The van der Waals surface area contributed by atoms with Gasteiger partial charge >= 0.3 is 0 Å². The van der Waals surface area contributed by atoms with E-state index in [1.165, 1.54) is 18.3 Å². The summed E-state index contributed by atoms with van der Waals surface area (Å²) in [6.07, 6.45) is 7.36. The summed E-state index contributed by atoms with van der Waals surface area (Å²) < 4.78 is 1.56. The van der Waals surface area contributed by atoms with Crippen LogP contribution < -0.4 is 5.73 Å². The second-order valence-corrected chi connectivity index (χ2v) is 4.43. The molecule has 0 unspecified atom stereocenters. The first-order chi connectivity index (χ1) is 8.75. The molecule has 2 aromatic rings. The molecule has 92 valence electrons. The van der Waals surface area contributed by atoms with E-state index in [9.17, 15) is 0 Å². The van der Waals surface area contributed by atoms with Gasteiger partial charge in [0.25, 0.3) is 0 Å². The predicted octanol–water partition coefficient (Wildman–Crippen LogP) is 0.825. The Morgan fingerprint density at radius 3 is 2.89 bits per heavy atom. The highest BCUT2D eigenvalue weighted by Gasteiger charge is 2.17. The van der Waals surface area contributed by atoms with Crippen molar-refractivity contribution in [3.63, 3.8) is 0 Å². The van der Waals surface area contributed by atoms with Crippen LogP contribution in [-0.2, 0) is 12.8 Å². The molecule has 1 aliphatic rings. The van der Waals surface area contributed by atoms with E-state index in [1.807, 2.05) is 6.07 Å². The summed E-state index contributed by atoms with van der Waals surface area (Å²) in [6, 6.07) is 1.97. The highest BCUT2D eigenvalue weighted by Crippen LogP contribution is 2.23. The minimum absolute atomic E-state index is 0.0152. The third-order valence-corrected chi connectivity index (χ3v) is 3.21. The zero-order chi connectivity index (χ0) is 12.5. The molecular weight excluding hydrogens is 228 g/mol. The molecule has 2 aromatic heterocycles. The van der Waals surface area contributed by atoms with Gasteiger partial charge in [0, 0.05) is 5.69 Å². The average Bonchev–Trinajstić information content (AvgIpc) is 2.91. The average molecular weight is 242 g/mol. The maximum absolute atomic E-state index is 7.67. The molecule has 0 bridgehead atoms. The van der Waals surface area contributed by atoms with E-state index in [1.54, 1.807) is 11.0 Å². The Morgan fingerprint density at radius 2 is 2.17 bits per heavy atom. The van der Waals surface area contributed by atoms with Gasteiger partial charge in [0.15, 0.2) is 5.82 Å². The number of rotatable bonds is 2. The Hall–Kier alpha value is -2.24. The van der Waals surface area contributed by atoms with Gasteiger partial charge in [-0.1, -0.05) is 0 Å². The van der Waals surface area contributed by atoms with Crippen molar-refractivity contribution in [3.8, 4) is 5.82 Å². The maximum atomic E-state index is 7.67. The van der Waals surface area contributed by atoms with Crippen LogP contribution in [0.15, 0.2) is 18.7 Å². The third kappa shape index (κ3) is 1.75. The number of aromatic nitrogens is 4. The molecule has 1 aliphatic carbocycles. The fraction of sp³-hybridized carbons (Fsp3) is 0.333. The number of amidine groups is 1. The lowest BCUT2D eigenvalue weighted by atomic mass is 9.94. The Morgan fingerprint density at radius 1 is 1.33 bits per heavy atom. The van der Waals surface area contributed by atoms with Crippen molar-refractivity contribution in [2.75, 3.05) is 0 Å². The van der Waals surface area contributed by atoms with Gasteiger partial charge in [-0.15, -0.1) is 0 Å². The SMILES string of the molecule is N=C(N)c1cc2c(nc1-n1cncn1)CCCC2. The minimum atomic E-state index is 0.0152. The van der Waals surface area contributed by atoms with Gasteiger partial charge in [-0.25, -0.2) is 14.6 Å². The molecule has 0 saturated heterocycles. The number of aryl methyl sites for hydroxylation is 2. The van der Waals surface area contributed by atoms with Crippen LogP contribution in [0.25, 0.3) is 5.82 Å². The highest BCUT2D eigenvalue weighted by molar-refractivity contribution is 5.98. The summed E-state index contributed by atoms with van der Waals surface area (Å²) in [7, 11) is 0. The summed E-state index contributed by atoms with van der Waals surface area (Å²) in [5.41, 5.74) is 8.56. The number of nitrogen functional groups attached to an aromatic ring is 1. The topological polar surface area (TPSA) is 93.5 Å². The number of nitrogens with zero attached hydrogens (tertiary/aromatic N) is 4. The van der Waals surface area contributed by atoms with Gasteiger partial charge in [-0.2, -0.15) is 5.10 Å². The second kappa shape index (κ2) is 4.21. The van der Waals surface area contributed by atoms with Crippen LogP contribution in [0.5, 0.6) is 0 Å². The highest BCUT2D eigenvalue weighted by atomic mass is 15.3. The summed E-state index contributed by atoms with van der Waals surface area (Å²) in [5.74, 6) is 0.613. The Kier molecular flexibility index (Phi) is 2.55. The molecule has 2 heterocycles. The van der Waals surface area contributed by atoms with Gasteiger partial charge in [0.05, 0.1) is 5.56 Å². The monoisotopic (exact) mass is 242 g/mol. The third-order valence-electron chi connectivity index (χ3n) is 3.21. The minimum Gasteiger partial charge on any atom is -0.384 e. The van der Waals surface area contributed by atoms with Gasteiger partial charge < -0.3 is 5.73 Å². The largest absolute Gasteiger partial charge is 0.384 e. The van der Waals surface area contributed by atoms with Gasteiger partial charge in [0.2, 0.25) is 0 Å². The Balaban J connectivity index is 2.19. The molecule has 0 aliphatic heterocycles. The molecule has 0 atom stereocenters. The zero-order valence-corrected chi connectivity index (χ0v) is 9.93. The lowest BCUT2D eigenvalue weighted by molar-refractivity contribution is 0.661. The maximum Gasteiger partial charge on any atom is 0.166 e. The molecule has 3 rings (SSSR count). The van der Waals surface area contributed by atoms with E-state index < -0.39 is 0 Å². The molecule has 0 amide bonds. The molecular formula is C12H14N6. The standard InChI is InChI=1S/C12H14N6/c13-11(14)9-5-8-3-1-2-4-10(8)17-12(9)18-7-15-6-16-18/h5-7H,1-4H2,(H3,13,14). The lowest BCUT2D eigenvalue weighted by Gasteiger charge is -2.18. The lowest BCUT2D eigenvalue weighted by Crippen LogP contribution is -2.19. The number of hydrogen-bond donors (Lipinski definition) is 2. The number of nitrogens with one attached hydrogen (secondary N) is 1. The van der Waals surface area contributed by atoms with Crippen molar-refractivity contribution in [1.82, 2.24) is 19.7 Å². The first-order valence-electron chi connectivity index (χ1n) is 5.98. The first kappa shape index (κ1) is 10.9. The van der Waals surface area contributed by atoms with E-state index in [4.69, 9.17) is 11.1 Å². The fourth-order valence-corrected chi connectivity index (χ4v) is 2.31. The van der Waals surface area contributed by atoms with Crippen LogP contribution in [0.4, 0.5) is 0 Å². The molecule has 0 radical (unpaired) electrons. The van der Waals surface area contributed by atoms with Crippen LogP contribution in [0.3, 0.4) is 0 Å². The summed E-state index contributed by atoms with van der Waals surface area (Å²) in [5, 5.41) is 11.7. The molecule has 18 heavy (non-hydrogen) atoms. The molecule has 6 nitrogen and oxygen atoms in total. The van der Waals surface area contributed by atoms with Gasteiger partial charge in [0.1, 0.15) is 18.5 Å². The normalized spacial score (nSPS) is 14.2. The van der Waals surface area contributed by atoms with E-state index >= 15 is 0 Å². The Bertz CT molecular complexity index is 587. The van der Waals surface area contributed by atoms with Crippen molar-refractivity contribution in [2.24, 2.45) is 5.73 Å². The number of fused-ring (bicyclic) bond motifs is 1. The van der Waals surface area contributed by atoms with E-state index in [0.717, 1.165) is 25.0 Å². The predicted molar refractivity (Wildman–Crippen MR) is 66.8 cm³/mol. The van der Waals surface area contributed by atoms with Crippen LogP contribution in [0.2, 0.25) is 0 Å². The second-order valence-electron chi connectivity index (χ2n) is 4.43. The molecule has 0 spiro atoms. The molecule has 0 fully saturated rings. The van der Waals surface area contributed by atoms with Crippen molar-refractivity contribution in [2.45, 2.75) is 25.7 Å². The molecule has 0 saturated carbocycles. The summed E-state index contributed by atoms with van der Waals surface area (Å²) >= 11 is 0. The molecule has 6 heteroatoms. The van der Waals surface area contributed by atoms with E-state index in [0.29, 0.717) is 11.4 Å². The van der Waals surface area contributed by atoms with Crippen LogP contribution >= 0.6 is 0 Å².